The predicted octanol–water partition coefficient (Wildman–Crippen LogP) is 4.55. The first-order chi connectivity index (χ1) is 15.9. The highest BCUT2D eigenvalue weighted by molar-refractivity contribution is 5.84. The molecule has 1 atom stereocenters. The molecule has 1 saturated heterocycles. The van der Waals surface area contributed by atoms with Crippen molar-refractivity contribution in [2.24, 2.45) is 5.41 Å². The van der Waals surface area contributed by atoms with Crippen LogP contribution in [0.25, 0.3) is 0 Å². The standard InChI is InChI=1S/C26H32N2O5/c1-3-4-6-9-20(2)18-33-25(31)28-14-12-26(13-15-28)17-22(29)16-23(26)27-24(30)32-19-21-10-7-5-8-11-21/h3-11,23H,1,12-19H2,2H3,(H,27,30)/b6-4-,20-9+/t23-/m1/s1. The topological polar surface area (TPSA) is 84.9 Å². The van der Waals surface area contributed by atoms with E-state index in [1.54, 1.807) is 17.1 Å². The Morgan fingerprint density at radius 3 is 2.61 bits per heavy atom. The van der Waals surface area contributed by atoms with Gasteiger partial charge < -0.3 is 19.7 Å². The van der Waals surface area contributed by atoms with E-state index >= 15 is 0 Å². The molecule has 1 saturated carbocycles. The fourth-order valence-corrected chi connectivity index (χ4v) is 4.42. The van der Waals surface area contributed by atoms with Crippen molar-refractivity contribution >= 4 is 18.0 Å². The largest absolute Gasteiger partial charge is 0.445 e. The molecule has 1 aromatic rings. The van der Waals surface area contributed by atoms with Crippen molar-refractivity contribution in [3.63, 3.8) is 0 Å². The van der Waals surface area contributed by atoms with Crippen LogP contribution in [0, 0.1) is 5.41 Å². The van der Waals surface area contributed by atoms with Crippen LogP contribution in [0.5, 0.6) is 0 Å². The van der Waals surface area contributed by atoms with Crippen LogP contribution in [0.2, 0.25) is 0 Å². The second kappa shape index (κ2) is 11.5. The van der Waals surface area contributed by atoms with Gasteiger partial charge in [-0.3, -0.25) is 4.79 Å². The Hall–Kier alpha value is -3.35. The summed E-state index contributed by atoms with van der Waals surface area (Å²) >= 11 is 0. The highest BCUT2D eigenvalue weighted by atomic mass is 16.6. The molecule has 1 heterocycles. The number of hydrogen-bond acceptors (Lipinski definition) is 5. The lowest BCUT2D eigenvalue weighted by atomic mass is 9.74. The van der Waals surface area contributed by atoms with Gasteiger partial charge in [-0.1, -0.05) is 61.2 Å². The summed E-state index contributed by atoms with van der Waals surface area (Å²) in [6, 6.07) is 9.16. The van der Waals surface area contributed by atoms with E-state index in [2.05, 4.69) is 11.9 Å². The highest BCUT2D eigenvalue weighted by Crippen LogP contribution is 2.45. The Bertz CT molecular complexity index is 914. The van der Waals surface area contributed by atoms with E-state index < -0.39 is 6.09 Å². The summed E-state index contributed by atoms with van der Waals surface area (Å²) in [7, 11) is 0. The SMILES string of the molecule is C=C/C=C\C=C(/C)COC(=O)N1CCC2(CC1)CC(=O)C[C@H]2NC(=O)OCc1ccccc1. The van der Waals surface area contributed by atoms with Gasteiger partial charge in [-0.05, 0) is 30.9 Å². The number of carbonyl (C=O) groups excluding carboxylic acids is 3. The summed E-state index contributed by atoms with van der Waals surface area (Å²) in [5.41, 5.74) is 1.48. The molecular formula is C26H32N2O5. The first-order valence-corrected chi connectivity index (χ1v) is 11.3. The molecule has 176 valence electrons. The first-order valence-electron chi connectivity index (χ1n) is 11.3. The summed E-state index contributed by atoms with van der Waals surface area (Å²) in [6.45, 7) is 6.88. The van der Waals surface area contributed by atoms with Gasteiger partial charge in [0.1, 0.15) is 19.0 Å². The van der Waals surface area contributed by atoms with Crippen LogP contribution in [0.1, 0.15) is 38.2 Å². The fourth-order valence-electron chi connectivity index (χ4n) is 4.42. The number of carbonyl (C=O) groups is 3. The number of ether oxygens (including phenoxy) is 2. The fraction of sp³-hybridized carbons (Fsp3) is 0.423. The quantitative estimate of drug-likeness (QED) is 0.614. The highest BCUT2D eigenvalue weighted by Gasteiger charge is 2.49. The average molecular weight is 453 g/mol. The average Bonchev–Trinajstić information content (AvgIpc) is 3.11. The van der Waals surface area contributed by atoms with Crippen molar-refractivity contribution in [1.82, 2.24) is 10.2 Å². The number of nitrogens with zero attached hydrogens (tertiary/aromatic N) is 1. The van der Waals surface area contributed by atoms with Crippen LogP contribution >= 0.6 is 0 Å². The number of allylic oxidation sites excluding steroid dienone is 4. The van der Waals surface area contributed by atoms with Crippen LogP contribution < -0.4 is 5.32 Å². The third-order valence-electron chi connectivity index (χ3n) is 6.29. The van der Waals surface area contributed by atoms with Gasteiger partial charge in [0.2, 0.25) is 0 Å². The number of hydrogen-bond donors (Lipinski definition) is 1. The van der Waals surface area contributed by atoms with Gasteiger partial charge in [0.05, 0.1) is 0 Å². The van der Waals surface area contributed by atoms with Gasteiger partial charge in [0.25, 0.3) is 0 Å². The van der Waals surface area contributed by atoms with Crippen LogP contribution in [0.3, 0.4) is 0 Å². The van der Waals surface area contributed by atoms with E-state index in [0.29, 0.717) is 38.8 Å². The number of Topliss-reactive ketones (excluding diaryl/α,β-unsaturated/α-hetero) is 1. The van der Waals surface area contributed by atoms with Gasteiger partial charge in [-0.15, -0.1) is 0 Å². The number of likely N-dealkylation sites (tertiary alicyclic amines) is 1. The lowest BCUT2D eigenvalue weighted by Crippen LogP contribution is -2.51. The zero-order valence-corrected chi connectivity index (χ0v) is 19.1. The number of benzene rings is 1. The maximum Gasteiger partial charge on any atom is 0.410 e. The van der Waals surface area contributed by atoms with Crippen LogP contribution in [-0.4, -0.2) is 48.6 Å². The van der Waals surface area contributed by atoms with Crippen molar-refractivity contribution < 1.29 is 23.9 Å². The Labute approximate surface area is 195 Å². The molecule has 7 heteroatoms. The summed E-state index contributed by atoms with van der Waals surface area (Å²) < 4.78 is 10.8. The van der Waals surface area contributed by atoms with E-state index in [4.69, 9.17) is 9.47 Å². The Balaban J connectivity index is 1.49. The third-order valence-corrected chi connectivity index (χ3v) is 6.29. The van der Waals surface area contributed by atoms with Crippen molar-refractivity contribution in [3.8, 4) is 0 Å². The van der Waals surface area contributed by atoms with Crippen LogP contribution in [0.15, 0.2) is 66.8 Å². The molecule has 2 aliphatic rings. The molecule has 3 rings (SSSR count). The minimum absolute atomic E-state index is 0.132. The minimum Gasteiger partial charge on any atom is -0.445 e. The molecule has 0 unspecified atom stereocenters. The number of alkyl carbamates (subject to hydrolysis) is 1. The molecular weight excluding hydrogens is 420 g/mol. The van der Waals surface area contributed by atoms with Crippen molar-refractivity contribution in [1.29, 1.82) is 0 Å². The molecule has 0 radical (unpaired) electrons. The summed E-state index contributed by atoms with van der Waals surface area (Å²) in [5, 5.41) is 2.91. The van der Waals surface area contributed by atoms with Gasteiger partial charge in [-0.2, -0.15) is 0 Å². The van der Waals surface area contributed by atoms with Crippen molar-refractivity contribution in [2.75, 3.05) is 19.7 Å². The maximum atomic E-state index is 12.5. The zero-order chi connectivity index (χ0) is 23.7. The second-order valence-corrected chi connectivity index (χ2v) is 8.72. The molecule has 2 amide bonds. The zero-order valence-electron chi connectivity index (χ0n) is 19.1. The molecule has 7 nitrogen and oxygen atoms in total. The lowest BCUT2D eigenvalue weighted by Gasteiger charge is -2.42. The smallest absolute Gasteiger partial charge is 0.410 e. The van der Waals surface area contributed by atoms with Crippen molar-refractivity contribution in [3.05, 3.63) is 72.4 Å². The summed E-state index contributed by atoms with van der Waals surface area (Å²) in [5.74, 6) is 0.132. The molecule has 1 spiro atoms. The van der Waals surface area contributed by atoms with E-state index in [9.17, 15) is 14.4 Å². The lowest BCUT2D eigenvalue weighted by molar-refractivity contribution is -0.118. The normalized spacial score (nSPS) is 20.2. The number of rotatable bonds is 7. The molecule has 2 fully saturated rings. The molecule has 0 aromatic heterocycles. The Morgan fingerprint density at radius 1 is 1.18 bits per heavy atom. The predicted molar refractivity (Wildman–Crippen MR) is 125 cm³/mol. The van der Waals surface area contributed by atoms with Gasteiger partial charge in [0.15, 0.2) is 0 Å². The number of amides is 2. The summed E-state index contributed by atoms with van der Waals surface area (Å²) in [6.07, 6.45) is 8.30. The number of piperidine rings is 1. The van der Waals surface area contributed by atoms with Gasteiger partial charge in [0, 0.05) is 37.4 Å². The Kier molecular flexibility index (Phi) is 8.46. The molecule has 1 aromatic carbocycles. The molecule has 1 aliphatic carbocycles. The number of nitrogens with one attached hydrogen (secondary N) is 1. The second-order valence-electron chi connectivity index (χ2n) is 8.72. The minimum atomic E-state index is -0.521. The molecule has 33 heavy (non-hydrogen) atoms. The summed E-state index contributed by atoms with van der Waals surface area (Å²) in [4.78, 5) is 38.8. The van der Waals surface area contributed by atoms with E-state index in [0.717, 1.165) is 11.1 Å². The van der Waals surface area contributed by atoms with Crippen LogP contribution in [-0.2, 0) is 20.9 Å². The van der Waals surface area contributed by atoms with Crippen LogP contribution in [0.4, 0.5) is 9.59 Å². The molecule has 1 N–H and O–H groups in total. The maximum absolute atomic E-state index is 12.5. The van der Waals surface area contributed by atoms with Gasteiger partial charge >= 0.3 is 12.2 Å². The van der Waals surface area contributed by atoms with E-state index in [-0.39, 0.29) is 36.5 Å². The molecule has 0 bridgehead atoms. The van der Waals surface area contributed by atoms with Gasteiger partial charge in [-0.25, -0.2) is 9.59 Å². The monoisotopic (exact) mass is 452 g/mol. The van der Waals surface area contributed by atoms with E-state index in [1.807, 2.05) is 49.4 Å². The Morgan fingerprint density at radius 2 is 1.91 bits per heavy atom. The molecule has 1 aliphatic heterocycles. The third kappa shape index (κ3) is 6.81. The number of ketones is 1. The van der Waals surface area contributed by atoms with Crippen molar-refractivity contribution in [2.45, 2.75) is 45.3 Å². The van der Waals surface area contributed by atoms with E-state index in [1.165, 1.54) is 0 Å². The first kappa shape index (κ1) is 24.3.